The van der Waals surface area contributed by atoms with E-state index in [4.69, 9.17) is 9.15 Å². The number of amides is 3. The Labute approximate surface area is 179 Å². The van der Waals surface area contributed by atoms with Gasteiger partial charge in [-0.05, 0) is 24.3 Å². The first-order valence-corrected chi connectivity index (χ1v) is 9.96. The zero-order chi connectivity index (χ0) is 22.0. The number of likely N-dealkylation sites (N-methyl/N-ethyl adjacent to an activating group) is 2. The average molecular weight is 427 g/mol. The molecule has 3 amide bonds. The smallest absolute Gasteiger partial charge is 0.327 e. The molecular formula is C21H25N5O5. The third kappa shape index (κ3) is 4.19. The van der Waals surface area contributed by atoms with Crippen LogP contribution >= 0.6 is 0 Å². The van der Waals surface area contributed by atoms with Gasteiger partial charge in [-0.2, -0.15) is 0 Å². The molecule has 0 radical (unpaired) electrons. The van der Waals surface area contributed by atoms with Gasteiger partial charge in [0.1, 0.15) is 36.9 Å². The van der Waals surface area contributed by atoms with Crippen molar-refractivity contribution in [2.45, 2.75) is 24.9 Å². The molecule has 0 bridgehead atoms. The number of hydrogen-bond acceptors (Lipinski definition) is 6. The zero-order valence-electron chi connectivity index (χ0n) is 17.3. The number of fused-ring (bicyclic) bond motifs is 1. The van der Waals surface area contributed by atoms with Crippen molar-refractivity contribution in [3.8, 4) is 5.75 Å². The predicted molar refractivity (Wildman–Crippen MR) is 111 cm³/mol. The van der Waals surface area contributed by atoms with E-state index in [0.29, 0.717) is 17.5 Å². The van der Waals surface area contributed by atoms with Crippen molar-refractivity contribution in [2.24, 2.45) is 4.99 Å². The number of benzene rings is 1. The molecule has 2 aliphatic heterocycles. The van der Waals surface area contributed by atoms with E-state index in [-0.39, 0.29) is 25.6 Å². The summed E-state index contributed by atoms with van der Waals surface area (Å²) in [6.07, 6.45) is 0.0782. The number of carbonyl (C=O) groups is 2. The summed E-state index contributed by atoms with van der Waals surface area (Å²) in [5, 5.41) is 13.8. The van der Waals surface area contributed by atoms with E-state index in [9.17, 15) is 14.7 Å². The van der Waals surface area contributed by atoms with Gasteiger partial charge >= 0.3 is 6.03 Å². The molecule has 3 unspecified atom stereocenters. The molecule has 10 heteroatoms. The van der Waals surface area contributed by atoms with E-state index in [2.05, 4.69) is 10.3 Å². The number of guanidine groups is 1. The van der Waals surface area contributed by atoms with Gasteiger partial charge in [0.25, 0.3) is 5.91 Å². The van der Waals surface area contributed by atoms with E-state index in [1.54, 1.807) is 42.5 Å². The number of imide groups is 1. The number of rotatable bonds is 7. The molecule has 1 aromatic heterocycles. The number of aliphatic imine (C=N–C) groups is 1. The number of aliphatic hydroxyl groups is 1. The Bertz CT molecular complexity index is 948. The van der Waals surface area contributed by atoms with E-state index in [1.807, 2.05) is 18.2 Å². The van der Waals surface area contributed by atoms with Gasteiger partial charge in [-0.1, -0.05) is 18.2 Å². The lowest BCUT2D eigenvalue weighted by Gasteiger charge is -2.39. The summed E-state index contributed by atoms with van der Waals surface area (Å²) in [5.41, 5.74) is 0. The molecular weight excluding hydrogens is 402 g/mol. The standard InChI is InChI=1S/C21H25N5O5/c1-24-18-17(19(28)25(2)21(24)29)26(20(23-18)22-11-16-9-6-10-30-16)12-14(27)13-31-15-7-4-3-5-8-15/h3-10,14,17-18,27H,11-13H2,1-2H3,(H,22,23). The van der Waals surface area contributed by atoms with Crippen LogP contribution in [0.4, 0.5) is 4.79 Å². The summed E-state index contributed by atoms with van der Waals surface area (Å²) in [7, 11) is 3.07. The summed E-state index contributed by atoms with van der Waals surface area (Å²) in [5.74, 6) is 1.35. The maximum Gasteiger partial charge on any atom is 0.327 e. The molecule has 31 heavy (non-hydrogen) atoms. The first kappa shape index (κ1) is 20.7. The van der Waals surface area contributed by atoms with Crippen molar-refractivity contribution in [2.75, 3.05) is 27.2 Å². The maximum atomic E-state index is 12.9. The zero-order valence-corrected chi connectivity index (χ0v) is 17.3. The lowest BCUT2D eigenvalue weighted by atomic mass is 10.1. The fourth-order valence-corrected chi connectivity index (χ4v) is 3.70. The minimum absolute atomic E-state index is 0.0438. The SMILES string of the molecule is CN1C(=O)C2C(NC(=NCc3ccco3)N2CC(O)COc2ccccc2)N(C)C1=O. The van der Waals surface area contributed by atoms with Crippen LogP contribution < -0.4 is 10.1 Å². The largest absolute Gasteiger partial charge is 0.491 e. The van der Waals surface area contributed by atoms with Crippen LogP contribution in [-0.2, 0) is 11.3 Å². The molecule has 164 valence electrons. The Hall–Kier alpha value is -3.53. The minimum Gasteiger partial charge on any atom is -0.491 e. The van der Waals surface area contributed by atoms with Crippen LogP contribution in [0.1, 0.15) is 5.76 Å². The molecule has 2 aliphatic rings. The molecule has 1 aromatic carbocycles. The Kier molecular flexibility index (Phi) is 5.81. The first-order chi connectivity index (χ1) is 15.0. The van der Waals surface area contributed by atoms with Crippen LogP contribution in [-0.4, -0.2) is 83.3 Å². The van der Waals surface area contributed by atoms with Gasteiger partial charge in [0.15, 0.2) is 12.0 Å². The van der Waals surface area contributed by atoms with Crippen LogP contribution in [0, 0.1) is 0 Å². The molecule has 3 atom stereocenters. The summed E-state index contributed by atoms with van der Waals surface area (Å²) < 4.78 is 11.0. The normalized spacial score (nSPS) is 23.2. The van der Waals surface area contributed by atoms with Gasteiger partial charge in [-0.15, -0.1) is 0 Å². The Morgan fingerprint density at radius 2 is 1.97 bits per heavy atom. The third-order valence-corrected chi connectivity index (χ3v) is 5.33. The lowest BCUT2D eigenvalue weighted by Crippen LogP contribution is -2.65. The predicted octanol–water partition coefficient (Wildman–Crippen LogP) is 0.699. The van der Waals surface area contributed by atoms with E-state index < -0.39 is 24.3 Å². The highest BCUT2D eigenvalue weighted by atomic mass is 16.5. The Morgan fingerprint density at radius 3 is 2.68 bits per heavy atom. The molecule has 3 heterocycles. The second-order valence-electron chi connectivity index (χ2n) is 7.47. The van der Waals surface area contributed by atoms with Crippen LogP contribution in [0.2, 0.25) is 0 Å². The number of hydrogen-bond donors (Lipinski definition) is 2. The highest BCUT2D eigenvalue weighted by Gasteiger charge is 2.52. The fourth-order valence-electron chi connectivity index (χ4n) is 3.70. The van der Waals surface area contributed by atoms with Gasteiger partial charge in [-0.3, -0.25) is 9.69 Å². The van der Waals surface area contributed by atoms with Gasteiger partial charge in [0.05, 0.1) is 12.8 Å². The van der Waals surface area contributed by atoms with Crippen molar-refractivity contribution < 1.29 is 23.8 Å². The van der Waals surface area contributed by atoms with E-state index in [1.165, 1.54) is 11.9 Å². The number of nitrogens with one attached hydrogen (secondary N) is 1. The van der Waals surface area contributed by atoms with Crippen LogP contribution in [0.25, 0.3) is 0 Å². The maximum absolute atomic E-state index is 12.9. The second-order valence-corrected chi connectivity index (χ2v) is 7.47. The van der Waals surface area contributed by atoms with Gasteiger partial charge in [-0.25, -0.2) is 9.79 Å². The Balaban J connectivity index is 1.53. The summed E-state index contributed by atoms with van der Waals surface area (Å²) in [6, 6.07) is 11.6. The molecule has 0 aliphatic carbocycles. The summed E-state index contributed by atoms with van der Waals surface area (Å²) in [4.78, 5) is 34.1. The Morgan fingerprint density at radius 1 is 1.19 bits per heavy atom. The van der Waals surface area contributed by atoms with E-state index in [0.717, 1.165) is 4.90 Å². The van der Waals surface area contributed by atoms with Crippen molar-refractivity contribution in [1.82, 2.24) is 20.0 Å². The molecule has 2 aromatic rings. The molecule has 10 nitrogen and oxygen atoms in total. The monoisotopic (exact) mass is 427 g/mol. The van der Waals surface area contributed by atoms with Crippen molar-refractivity contribution in [3.63, 3.8) is 0 Å². The van der Waals surface area contributed by atoms with Crippen molar-refractivity contribution in [3.05, 3.63) is 54.5 Å². The van der Waals surface area contributed by atoms with Crippen LogP contribution in [0.15, 0.2) is 58.1 Å². The number of furan rings is 1. The number of para-hydroxylation sites is 1. The molecule has 2 N–H and O–H groups in total. The minimum atomic E-state index is -0.893. The number of nitrogens with zero attached hydrogens (tertiary/aromatic N) is 4. The lowest BCUT2D eigenvalue weighted by molar-refractivity contribution is -0.136. The number of β-amino-alcohol motifs (C(OH)–C–C–N with tert-alkyl or cyclic N) is 1. The van der Waals surface area contributed by atoms with Gasteiger partial charge in [0.2, 0.25) is 0 Å². The van der Waals surface area contributed by atoms with Gasteiger partial charge in [0, 0.05) is 14.1 Å². The molecule has 2 saturated heterocycles. The topological polar surface area (TPSA) is 111 Å². The second kappa shape index (κ2) is 8.68. The highest BCUT2D eigenvalue weighted by Crippen LogP contribution is 2.25. The van der Waals surface area contributed by atoms with Crippen molar-refractivity contribution >= 4 is 17.9 Å². The third-order valence-electron chi connectivity index (χ3n) is 5.33. The summed E-state index contributed by atoms with van der Waals surface area (Å²) >= 11 is 0. The van der Waals surface area contributed by atoms with Crippen LogP contribution in [0.3, 0.4) is 0 Å². The van der Waals surface area contributed by atoms with Crippen LogP contribution in [0.5, 0.6) is 5.75 Å². The molecule has 0 spiro atoms. The fraction of sp³-hybridized carbons (Fsp3) is 0.381. The van der Waals surface area contributed by atoms with Gasteiger partial charge < -0.3 is 29.4 Å². The number of ether oxygens (including phenoxy) is 1. The highest BCUT2D eigenvalue weighted by molar-refractivity contribution is 6.04. The quantitative estimate of drug-likeness (QED) is 0.669. The molecule has 4 rings (SSSR count). The summed E-state index contributed by atoms with van der Waals surface area (Å²) in [6.45, 7) is 0.394. The number of aliphatic hydroxyl groups excluding tert-OH is 1. The molecule has 0 saturated carbocycles. The molecule has 2 fully saturated rings. The number of carbonyl (C=O) groups excluding carboxylic acids is 2. The average Bonchev–Trinajstić information content (AvgIpc) is 3.42. The van der Waals surface area contributed by atoms with Crippen molar-refractivity contribution in [1.29, 1.82) is 0 Å². The van der Waals surface area contributed by atoms with E-state index >= 15 is 0 Å². The number of urea groups is 1. The first-order valence-electron chi connectivity index (χ1n) is 9.96.